The van der Waals surface area contributed by atoms with Crippen molar-refractivity contribution in [3.8, 4) is 0 Å². The van der Waals surface area contributed by atoms with Gasteiger partial charge in [0, 0.05) is 11.3 Å². The lowest BCUT2D eigenvalue weighted by molar-refractivity contribution is -0.145. The number of ketones is 1. The van der Waals surface area contributed by atoms with Crippen LogP contribution in [0.1, 0.15) is 32.1 Å². The lowest BCUT2D eigenvalue weighted by Crippen LogP contribution is -2.59. The molecule has 2 atom stereocenters. The Balaban J connectivity index is 2.30. The van der Waals surface area contributed by atoms with Gasteiger partial charge in [-0.2, -0.15) is 0 Å². The van der Waals surface area contributed by atoms with Gasteiger partial charge in [-0.1, -0.05) is 70.0 Å². The van der Waals surface area contributed by atoms with Crippen molar-refractivity contribution in [2.45, 2.75) is 36.9 Å². The molecular weight excluding hydrogens is 334 g/mol. The first-order chi connectivity index (χ1) is 7.50. The molecule has 1 nitrogen and oxygen atoms in total. The molecule has 2 aliphatic carbocycles. The van der Waals surface area contributed by atoms with Gasteiger partial charge in [0.2, 0.25) is 0 Å². The van der Waals surface area contributed by atoms with E-state index in [0.717, 1.165) is 25.7 Å². The zero-order valence-electron chi connectivity index (χ0n) is 8.61. The number of allylic oxidation sites excluding steroid dienone is 1. The standard InChI is InChI=1S/C11H12BrCl3O/c12-7-6(8(13)10(14)15)11(9(7)16)4-2-1-3-5-11/h6-7H,1-5H2. The Kier molecular flexibility index (Phi) is 3.95. The fourth-order valence-corrected chi connectivity index (χ4v) is 4.94. The summed E-state index contributed by atoms with van der Waals surface area (Å²) in [5.74, 6) is 0.233. The lowest BCUT2D eigenvalue weighted by atomic mass is 9.53. The number of hydrogen-bond acceptors (Lipinski definition) is 1. The molecule has 90 valence electrons. The molecular formula is C11H12BrCl3O. The first-order valence-corrected chi connectivity index (χ1v) is 7.45. The number of halogens is 4. The molecule has 5 heteroatoms. The van der Waals surface area contributed by atoms with Gasteiger partial charge >= 0.3 is 0 Å². The summed E-state index contributed by atoms with van der Waals surface area (Å²) in [5.41, 5.74) is -0.293. The third-order valence-corrected chi connectivity index (χ3v) is 5.80. The maximum Gasteiger partial charge on any atom is 0.153 e. The zero-order valence-corrected chi connectivity index (χ0v) is 12.5. The summed E-state index contributed by atoms with van der Waals surface area (Å²) in [4.78, 5) is 11.8. The second-order valence-corrected chi connectivity index (χ2v) is 6.91. The summed E-state index contributed by atoms with van der Waals surface area (Å²) in [6.45, 7) is 0. The van der Waals surface area contributed by atoms with E-state index in [0.29, 0.717) is 5.03 Å². The fraction of sp³-hybridized carbons (Fsp3) is 0.727. The van der Waals surface area contributed by atoms with Gasteiger partial charge in [-0.25, -0.2) is 0 Å². The van der Waals surface area contributed by atoms with Gasteiger partial charge in [-0.3, -0.25) is 4.79 Å². The highest BCUT2D eigenvalue weighted by atomic mass is 79.9. The average molecular weight is 346 g/mol. The highest BCUT2D eigenvalue weighted by molar-refractivity contribution is 9.10. The Morgan fingerprint density at radius 2 is 1.75 bits per heavy atom. The topological polar surface area (TPSA) is 17.1 Å². The minimum Gasteiger partial charge on any atom is -0.298 e. The Labute approximate surface area is 119 Å². The third-order valence-electron chi connectivity index (χ3n) is 3.83. The van der Waals surface area contributed by atoms with Crippen molar-refractivity contribution in [3.63, 3.8) is 0 Å². The molecule has 16 heavy (non-hydrogen) atoms. The molecule has 0 aromatic carbocycles. The summed E-state index contributed by atoms with van der Waals surface area (Å²) < 4.78 is 0.0913. The minimum atomic E-state index is -0.293. The minimum absolute atomic E-state index is 0.0352. The van der Waals surface area contributed by atoms with Crippen molar-refractivity contribution < 1.29 is 4.79 Å². The normalized spacial score (nSPS) is 32.4. The smallest absolute Gasteiger partial charge is 0.153 e. The summed E-state index contributed by atoms with van der Waals surface area (Å²) in [7, 11) is 0. The Hall–Kier alpha value is 0.760. The van der Waals surface area contributed by atoms with Gasteiger partial charge < -0.3 is 0 Å². The number of alkyl halides is 1. The van der Waals surface area contributed by atoms with Gasteiger partial charge in [0.1, 0.15) is 4.49 Å². The maximum atomic E-state index is 12.1. The van der Waals surface area contributed by atoms with Crippen LogP contribution in [-0.2, 0) is 4.79 Å². The molecule has 2 fully saturated rings. The van der Waals surface area contributed by atoms with Crippen LogP contribution in [-0.4, -0.2) is 10.6 Å². The van der Waals surface area contributed by atoms with Crippen LogP contribution in [0.2, 0.25) is 0 Å². The summed E-state index contributed by atoms with van der Waals surface area (Å²) in [6, 6.07) is 0. The molecule has 2 rings (SSSR count). The second-order valence-electron chi connectivity index (χ2n) is 4.57. The van der Waals surface area contributed by atoms with E-state index < -0.39 is 0 Å². The van der Waals surface area contributed by atoms with Crippen LogP contribution in [0.5, 0.6) is 0 Å². The Bertz CT molecular complexity index is 343. The van der Waals surface area contributed by atoms with Gasteiger partial charge in [-0.05, 0) is 12.8 Å². The number of rotatable bonds is 1. The van der Waals surface area contributed by atoms with Crippen molar-refractivity contribution in [2.75, 3.05) is 0 Å². The van der Waals surface area contributed by atoms with Crippen LogP contribution in [0.4, 0.5) is 0 Å². The van der Waals surface area contributed by atoms with E-state index in [1.165, 1.54) is 6.42 Å². The Morgan fingerprint density at radius 1 is 1.19 bits per heavy atom. The van der Waals surface area contributed by atoms with Crippen LogP contribution in [0.3, 0.4) is 0 Å². The number of Topliss-reactive ketones (excluding diaryl/α,β-unsaturated/α-hetero) is 1. The van der Waals surface area contributed by atoms with Crippen molar-refractivity contribution in [1.82, 2.24) is 0 Å². The van der Waals surface area contributed by atoms with Crippen LogP contribution < -0.4 is 0 Å². The monoisotopic (exact) mass is 344 g/mol. The van der Waals surface area contributed by atoms with E-state index in [1.54, 1.807) is 0 Å². The highest BCUT2D eigenvalue weighted by Crippen LogP contribution is 2.59. The maximum absolute atomic E-state index is 12.1. The van der Waals surface area contributed by atoms with Crippen LogP contribution >= 0.6 is 50.7 Å². The molecule has 0 amide bonds. The molecule has 0 radical (unpaired) electrons. The summed E-state index contributed by atoms with van der Waals surface area (Å²) in [5, 5.41) is 0.437. The van der Waals surface area contributed by atoms with Gasteiger partial charge in [0.15, 0.2) is 5.78 Å². The predicted octanol–water partition coefficient (Wildman–Crippen LogP) is 4.78. The van der Waals surface area contributed by atoms with E-state index in [9.17, 15) is 4.79 Å². The molecule has 0 N–H and O–H groups in total. The van der Waals surface area contributed by atoms with E-state index in [1.807, 2.05) is 0 Å². The zero-order chi connectivity index (χ0) is 11.9. The molecule has 0 aromatic heterocycles. The molecule has 0 aromatic rings. The summed E-state index contributed by atoms with van der Waals surface area (Å²) in [6.07, 6.45) is 5.20. The molecule has 2 aliphatic rings. The van der Waals surface area contributed by atoms with E-state index >= 15 is 0 Å². The number of carbonyl (C=O) groups is 1. The quantitative estimate of drug-likeness (QED) is 0.624. The second kappa shape index (κ2) is 4.79. The number of carbonyl (C=O) groups excluding carboxylic acids is 1. The Morgan fingerprint density at radius 3 is 2.25 bits per heavy atom. The SMILES string of the molecule is O=C1C(Br)C(C(Cl)=C(Cl)Cl)C12CCCCC2. The first kappa shape index (κ1) is 13.2. The van der Waals surface area contributed by atoms with E-state index in [-0.39, 0.29) is 26.4 Å². The lowest BCUT2D eigenvalue weighted by Gasteiger charge is -2.53. The van der Waals surface area contributed by atoms with E-state index in [2.05, 4.69) is 15.9 Å². The third kappa shape index (κ3) is 1.86. The molecule has 1 spiro atoms. The first-order valence-electron chi connectivity index (χ1n) is 5.40. The fourth-order valence-electron chi connectivity index (χ4n) is 2.99. The highest BCUT2D eigenvalue weighted by Gasteiger charge is 2.61. The largest absolute Gasteiger partial charge is 0.298 e. The molecule has 0 aliphatic heterocycles. The van der Waals surface area contributed by atoms with Crippen LogP contribution in [0, 0.1) is 11.3 Å². The molecule has 2 saturated carbocycles. The summed E-state index contributed by atoms with van der Waals surface area (Å²) >= 11 is 21.0. The van der Waals surface area contributed by atoms with Gasteiger partial charge in [-0.15, -0.1) is 0 Å². The molecule has 0 bridgehead atoms. The number of hydrogen-bond donors (Lipinski definition) is 0. The van der Waals surface area contributed by atoms with Crippen LogP contribution in [0.15, 0.2) is 9.52 Å². The average Bonchev–Trinajstić information content (AvgIpc) is 2.29. The van der Waals surface area contributed by atoms with Crippen molar-refractivity contribution in [3.05, 3.63) is 9.52 Å². The van der Waals surface area contributed by atoms with Gasteiger partial charge in [0.25, 0.3) is 0 Å². The van der Waals surface area contributed by atoms with Crippen LogP contribution in [0.25, 0.3) is 0 Å². The van der Waals surface area contributed by atoms with Crippen molar-refractivity contribution >= 4 is 56.5 Å². The molecule has 0 heterocycles. The van der Waals surface area contributed by atoms with Crippen molar-refractivity contribution in [1.29, 1.82) is 0 Å². The van der Waals surface area contributed by atoms with E-state index in [4.69, 9.17) is 34.8 Å². The predicted molar refractivity (Wildman–Crippen MR) is 71.3 cm³/mol. The molecule has 2 unspecified atom stereocenters. The molecule has 0 saturated heterocycles. The van der Waals surface area contributed by atoms with Gasteiger partial charge in [0.05, 0.1) is 9.86 Å². The van der Waals surface area contributed by atoms with Crippen molar-refractivity contribution in [2.24, 2.45) is 11.3 Å².